The predicted molar refractivity (Wildman–Crippen MR) is 190 cm³/mol. The van der Waals surface area contributed by atoms with E-state index in [1.54, 1.807) is 0 Å². The van der Waals surface area contributed by atoms with Crippen molar-refractivity contribution in [3.05, 3.63) is 0 Å². The van der Waals surface area contributed by atoms with Gasteiger partial charge in [-0.1, -0.05) is 194 Å². The van der Waals surface area contributed by atoms with Crippen LogP contribution in [0.2, 0.25) is 0 Å². The van der Waals surface area contributed by atoms with Gasteiger partial charge in [-0.25, -0.2) is 0 Å². The summed E-state index contributed by atoms with van der Waals surface area (Å²) in [6.07, 6.45) is 47.2. The molecule has 1 rings (SSSR count). The lowest BCUT2D eigenvalue weighted by molar-refractivity contribution is -0.910. The molecule has 2 nitrogen and oxygen atoms in total. The summed E-state index contributed by atoms with van der Waals surface area (Å²) in [6, 6.07) is 0. The van der Waals surface area contributed by atoms with Crippen LogP contribution in [0.5, 0.6) is 0 Å². The Balaban J connectivity index is 1.89. The molecule has 1 aliphatic heterocycles. The molecule has 252 valence electrons. The van der Waals surface area contributed by atoms with Crippen molar-refractivity contribution in [2.45, 2.75) is 225 Å². The van der Waals surface area contributed by atoms with Gasteiger partial charge in [0.25, 0.3) is 0 Å². The van der Waals surface area contributed by atoms with Gasteiger partial charge < -0.3 is 9.22 Å². The molecule has 0 aromatic heterocycles. The van der Waals surface area contributed by atoms with Crippen molar-refractivity contribution in [1.82, 2.24) is 0 Å². The van der Waals surface area contributed by atoms with Crippen molar-refractivity contribution in [2.75, 3.05) is 33.3 Å². The van der Waals surface area contributed by atoms with Crippen LogP contribution in [0.3, 0.4) is 0 Å². The molecular formula is C40H82NO+. The number of hydrogen-bond acceptors (Lipinski definition) is 1. The Kier molecular flexibility index (Phi) is 29.4. The molecule has 42 heavy (non-hydrogen) atoms. The van der Waals surface area contributed by atoms with Gasteiger partial charge in [-0.05, 0) is 25.7 Å². The van der Waals surface area contributed by atoms with E-state index in [0.717, 1.165) is 6.61 Å². The highest BCUT2D eigenvalue weighted by Crippen LogP contribution is 2.20. The molecule has 0 aromatic rings. The van der Waals surface area contributed by atoms with Crippen LogP contribution < -0.4 is 0 Å². The first-order valence-corrected chi connectivity index (χ1v) is 20.2. The average molecular weight is 593 g/mol. The fourth-order valence-electron chi connectivity index (χ4n) is 7.04. The van der Waals surface area contributed by atoms with Gasteiger partial charge >= 0.3 is 0 Å². The van der Waals surface area contributed by atoms with Crippen LogP contribution in [0.1, 0.15) is 219 Å². The predicted octanol–water partition coefficient (Wildman–Crippen LogP) is 13.4. The number of likely N-dealkylation sites (N-methyl/N-ethyl adjacent to an activating group) is 1. The number of quaternary nitrogens is 1. The molecule has 1 saturated heterocycles. The lowest BCUT2D eigenvalue weighted by atomic mass is 10.0. The molecule has 1 atom stereocenters. The van der Waals surface area contributed by atoms with Crippen molar-refractivity contribution in [2.24, 2.45) is 0 Å². The lowest BCUT2D eigenvalue weighted by Crippen LogP contribution is -2.48. The summed E-state index contributed by atoms with van der Waals surface area (Å²) < 4.78 is 6.92. The molecule has 0 N–H and O–H groups in total. The van der Waals surface area contributed by atoms with Crippen LogP contribution in [-0.2, 0) is 4.74 Å². The Labute approximate surface area is 267 Å². The number of ether oxygens (including phenoxy) is 1. The molecule has 0 amide bonds. The van der Waals surface area contributed by atoms with Crippen LogP contribution in [0.15, 0.2) is 0 Å². The van der Waals surface area contributed by atoms with Crippen LogP contribution in [0.4, 0.5) is 0 Å². The topological polar surface area (TPSA) is 12.5 Å². The van der Waals surface area contributed by atoms with Gasteiger partial charge in [0.15, 0.2) is 0 Å². The summed E-state index contributed by atoms with van der Waals surface area (Å²) in [5, 5.41) is 0. The van der Waals surface area contributed by atoms with Crippen LogP contribution in [-0.4, -0.2) is 43.9 Å². The van der Waals surface area contributed by atoms with Gasteiger partial charge in [0.2, 0.25) is 0 Å². The fraction of sp³-hybridized carbons (Fsp3) is 1.00. The summed E-state index contributed by atoms with van der Waals surface area (Å²) in [5.74, 6) is 0. The zero-order valence-electron chi connectivity index (χ0n) is 29.9. The van der Waals surface area contributed by atoms with E-state index in [1.807, 2.05) is 0 Å². The van der Waals surface area contributed by atoms with Gasteiger partial charge in [0, 0.05) is 0 Å². The molecule has 1 fully saturated rings. The highest BCUT2D eigenvalue weighted by atomic mass is 16.6. The second-order valence-corrected chi connectivity index (χ2v) is 14.8. The molecular weight excluding hydrogens is 510 g/mol. The zero-order valence-corrected chi connectivity index (χ0v) is 29.9. The number of hydrogen-bond donors (Lipinski definition) is 0. The molecule has 0 saturated carbocycles. The van der Waals surface area contributed by atoms with Crippen molar-refractivity contribution >= 4 is 0 Å². The maximum atomic E-state index is 5.65. The molecule has 0 radical (unpaired) electrons. The summed E-state index contributed by atoms with van der Waals surface area (Å²) in [7, 11) is 2.53. The van der Waals surface area contributed by atoms with Gasteiger partial charge in [-0.2, -0.15) is 0 Å². The molecule has 2 heteroatoms. The van der Waals surface area contributed by atoms with Crippen molar-refractivity contribution in [3.63, 3.8) is 0 Å². The number of rotatable bonds is 36. The van der Waals surface area contributed by atoms with Crippen molar-refractivity contribution < 1.29 is 9.22 Å². The Morgan fingerprint density at radius 1 is 0.381 bits per heavy atom. The van der Waals surface area contributed by atoms with Crippen LogP contribution in [0, 0.1) is 0 Å². The quantitative estimate of drug-likeness (QED) is 0.0400. The summed E-state index contributed by atoms with van der Waals surface area (Å²) >= 11 is 0. The summed E-state index contributed by atoms with van der Waals surface area (Å²) in [6.45, 7) is 9.64. The van der Waals surface area contributed by atoms with Gasteiger partial charge in [0.05, 0.1) is 26.7 Å². The number of unbranched alkanes of at least 4 members (excludes halogenated alkanes) is 30. The minimum atomic E-state index is 0.567. The first-order chi connectivity index (χ1) is 20.7. The van der Waals surface area contributed by atoms with Crippen molar-refractivity contribution in [1.29, 1.82) is 0 Å². The minimum absolute atomic E-state index is 0.567. The molecule has 0 aliphatic carbocycles. The summed E-state index contributed by atoms with van der Waals surface area (Å²) in [5.41, 5.74) is 0. The molecule has 1 unspecified atom stereocenters. The van der Waals surface area contributed by atoms with Gasteiger partial charge in [-0.3, -0.25) is 0 Å². The number of nitrogens with zero attached hydrogens (tertiary/aromatic N) is 1. The van der Waals surface area contributed by atoms with Crippen LogP contribution >= 0.6 is 0 Å². The third-order valence-corrected chi connectivity index (χ3v) is 10.1. The minimum Gasteiger partial charge on any atom is -0.367 e. The van der Waals surface area contributed by atoms with E-state index in [0.29, 0.717) is 6.10 Å². The maximum Gasteiger partial charge on any atom is 0.130 e. The highest BCUT2D eigenvalue weighted by Gasteiger charge is 2.33. The number of epoxide rings is 1. The maximum absolute atomic E-state index is 5.65. The Morgan fingerprint density at radius 3 is 0.810 bits per heavy atom. The summed E-state index contributed by atoms with van der Waals surface area (Å²) in [4.78, 5) is 0. The van der Waals surface area contributed by atoms with Crippen LogP contribution in [0.25, 0.3) is 0 Å². The van der Waals surface area contributed by atoms with Crippen molar-refractivity contribution in [3.8, 4) is 0 Å². The van der Waals surface area contributed by atoms with E-state index >= 15 is 0 Å². The molecule has 0 aromatic carbocycles. The average Bonchev–Trinajstić information content (AvgIpc) is 3.80. The van der Waals surface area contributed by atoms with E-state index in [-0.39, 0.29) is 0 Å². The van der Waals surface area contributed by atoms with E-state index < -0.39 is 0 Å². The molecule has 1 heterocycles. The van der Waals surface area contributed by atoms with E-state index in [9.17, 15) is 0 Å². The Morgan fingerprint density at radius 2 is 0.595 bits per heavy atom. The smallest absolute Gasteiger partial charge is 0.130 e. The second kappa shape index (κ2) is 30.9. The standard InChI is InChI=1S/C40H82NO/c1-4-6-8-10-12-14-16-18-20-22-24-26-28-30-32-34-36-41(3,38-40-39-42-40)37-35-33-31-29-27-25-23-21-19-17-15-13-11-9-7-5-2/h40H,4-39H2,1-3H3/q+1. The third kappa shape index (κ3) is 28.7. The van der Waals surface area contributed by atoms with Gasteiger partial charge in [0.1, 0.15) is 12.6 Å². The molecule has 0 bridgehead atoms. The first kappa shape index (κ1) is 39.9. The SMILES string of the molecule is CCCCCCCCCCCCCCCCCC[N+](C)(CCCCCCCCCCCCCCCCCC)CC1CO1. The normalized spacial score (nSPS) is 15.1. The Bertz CT molecular complexity index is 480. The van der Waals surface area contributed by atoms with E-state index in [1.165, 1.54) is 230 Å². The monoisotopic (exact) mass is 593 g/mol. The largest absolute Gasteiger partial charge is 0.367 e. The first-order valence-electron chi connectivity index (χ1n) is 20.2. The Hall–Kier alpha value is -0.0800. The second-order valence-electron chi connectivity index (χ2n) is 14.8. The third-order valence-electron chi connectivity index (χ3n) is 10.1. The molecule has 0 spiro atoms. The highest BCUT2D eigenvalue weighted by molar-refractivity contribution is 4.68. The van der Waals surface area contributed by atoms with E-state index in [2.05, 4.69) is 20.9 Å². The molecule has 1 aliphatic rings. The fourth-order valence-corrected chi connectivity index (χ4v) is 7.04. The zero-order chi connectivity index (χ0) is 30.2. The van der Waals surface area contributed by atoms with Gasteiger partial charge in [-0.15, -0.1) is 0 Å². The lowest BCUT2D eigenvalue weighted by Gasteiger charge is -2.34. The van der Waals surface area contributed by atoms with E-state index in [4.69, 9.17) is 4.74 Å².